The molecule has 1 atom stereocenters. The maximum absolute atomic E-state index is 4.18. The van der Waals surface area contributed by atoms with Crippen molar-refractivity contribution >= 4 is 22.6 Å². The second-order valence-corrected chi connectivity index (χ2v) is 6.29. The van der Waals surface area contributed by atoms with E-state index in [1.54, 1.807) is 5.57 Å². The molecule has 0 N–H and O–H groups in total. The van der Waals surface area contributed by atoms with Crippen molar-refractivity contribution in [3.05, 3.63) is 56.8 Å². The molecule has 0 amide bonds. The van der Waals surface area contributed by atoms with Crippen LogP contribution in [0.15, 0.2) is 56.8 Å². The number of fused-ring (bicyclic) bond motifs is 1. The van der Waals surface area contributed by atoms with E-state index in [9.17, 15) is 0 Å². The van der Waals surface area contributed by atoms with Gasteiger partial charge in [0.25, 0.3) is 0 Å². The van der Waals surface area contributed by atoms with Gasteiger partial charge in [0.2, 0.25) is 0 Å². The average molecular weight is 338 g/mol. The normalized spacial score (nSPS) is 25.9. The topological polar surface area (TPSA) is 0 Å². The Hall–Kier alpha value is -0.570. The van der Waals surface area contributed by atoms with Crippen molar-refractivity contribution in [1.82, 2.24) is 0 Å². The van der Waals surface area contributed by atoms with Gasteiger partial charge >= 0.3 is 0 Å². The van der Waals surface area contributed by atoms with E-state index in [1.807, 2.05) is 0 Å². The minimum atomic E-state index is 0.674. The summed E-state index contributed by atoms with van der Waals surface area (Å²) in [4.78, 5) is 0. The highest BCUT2D eigenvalue weighted by molar-refractivity contribution is 14.1. The standard InChI is InChI=1S/C16H19I/c1-10-7-14-5-6-16(17)13(4)12(3)9-15(14)8-11(10)2/h6,8,14H,3-5,7,9H2,1-2H3. The fourth-order valence-electron chi connectivity index (χ4n) is 2.50. The summed E-state index contributed by atoms with van der Waals surface area (Å²) in [5.74, 6) is 0.674. The van der Waals surface area contributed by atoms with Gasteiger partial charge in [0.15, 0.2) is 0 Å². The summed E-state index contributed by atoms with van der Waals surface area (Å²) in [5.41, 5.74) is 6.81. The number of hydrogen-bond donors (Lipinski definition) is 0. The Bertz CT molecular complexity index is 472. The van der Waals surface area contributed by atoms with Crippen molar-refractivity contribution in [1.29, 1.82) is 0 Å². The Morgan fingerprint density at radius 2 is 2.00 bits per heavy atom. The third-order valence-electron chi connectivity index (χ3n) is 3.87. The van der Waals surface area contributed by atoms with E-state index in [2.05, 4.69) is 61.7 Å². The van der Waals surface area contributed by atoms with E-state index in [0.717, 1.165) is 18.4 Å². The predicted molar refractivity (Wildman–Crippen MR) is 84.2 cm³/mol. The molecule has 0 bridgehead atoms. The van der Waals surface area contributed by atoms with Gasteiger partial charge in [-0.25, -0.2) is 0 Å². The third kappa shape index (κ3) is 2.65. The first kappa shape index (κ1) is 12.9. The first-order valence-electron chi connectivity index (χ1n) is 6.09. The van der Waals surface area contributed by atoms with Gasteiger partial charge < -0.3 is 0 Å². The highest BCUT2D eigenvalue weighted by Crippen LogP contribution is 2.39. The molecule has 0 fully saturated rings. The van der Waals surface area contributed by atoms with Gasteiger partial charge in [-0.1, -0.05) is 42.0 Å². The summed E-state index contributed by atoms with van der Waals surface area (Å²) in [7, 11) is 0. The van der Waals surface area contributed by atoms with E-state index in [-0.39, 0.29) is 0 Å². The van der Waals surface area contributed by atoms with Gasteiger partial charge in [-0.05, 0) is 72.8 Å². The van der Waals surface area contributed by atoms with Crippen molar-refractivity contribution in [2.24, 2.45) is 5.92 Å². The molecule has 0 spiro atoms. The van der Waals surface area contributed by atoms with Crippen molar-refractivity contribution in [3.8, 4) is 0 Å². The molecule has 0 nitrogen and oxygen atoms in total. The summed E-state index contributed by atoms with van der Waals surface area (Å²) in [6.45, 7) is 12.8. The molecular formula is C16H19I. The van der Waals surface area contributed by atoms with Crippen LogP contribution in [0.5, 0.6) is 0 Å². The monoisotopic (exact) mass is 338 g/mol. The van der Waals surface area contributed by atoms with Crippen molar-refractivity contribution in [3.63, 3.8) is 0 Å². The minimum Gasteiger partial charge on any atom is -0.0949 e. The van der Waals surface area contributed by atoms with E-state index >= 15 is 0 Å². The molecule has 0 aliphatic heterocycles. The van der Waals surface area contributed by atoms with Crippen molar-refractivity contribution in [2.75, 3.05) is 0 Å². The van der Waals surface area contributed by atoms with Gasteiger partial charge in [-0.2, -0.15) is 0 Å². The quantitative estimate of drug-likeness (QED) is 0.512. The SMILES string of the molecule is C=C1CC2=CC(C)=C(C)CC2CC=C(I)C1=C. The molecule has 0 heterocycles. The molecule has 0 saturated carbocycles. The number of allylic oxidation sites excluding steroid dienone is 8. The third-order valence-corrected chi connectivity index (χ3v) is 4.96. The van der Waals surface area contributed by atoms with E-state index in [0.29, 0.717) is 5.92 Å². The van der Waals surface area contributed by atoms with Gasteiger partial charge in [0, 0.05) is 3.58 Å². The molecule has 2 rings (SSSR count). The van der Waals surface area contributed by atoms with Crippen LogP contribution in [0.3, 0.4) is 0 Å². The average Bonchev–Trinajstić information content (AvgIpc) is 2.29. The summed E-state index contributed by atoms with van der Waals surface area (Å²) >= 11 is 2.38. The summed E-state index contributed by atoms with van der Waals surface area (Å²) in [6.07, 6.45) is 8.03. The fourth-order valence-corrected chi connectivity index (χ4v) is 3.14. The first-order valence-corrected chi connectivity index (χ1v) is 7.16. The molecule has 2 aliphatic rings. The molecule has 0 radical (unpaired) electrons. The second kappa shape index (κ2) is 4.97. The second-order valence-electron chi connectivity index (χ2n) is 5.13. The molecule has 0 aromatic carbocycles. The van der Waals surface area contributed by atoms with Crippen LogP contribution in [-0.4, -0.2) is 0 Å². The highest BCUT2D eigenvalue weighted by Gasteiger charge is 2.22. The largest absolute Gasteiger partial charge is 0.0949 e. The Kier molecular flexibility index (Phi) is 3.76. The van der Waals surface area contributed by atoms with Gasteiger partial charge in [-0.15, -0.1) is 0 Å². The highest BCUT2D eigenvalue weighted by atomic mass is 127. The van der Waals surface area contributed by atoms with Crippen molar-refractivity contribution in [2.45, 2.75) is 33.1 Å². The Morgan fingerprint density at radius 1 is 1.29 bits per heavy atom. The maximum atomic E-state index is 4.18. The number of rotatable bonds is 0. The molecule has 1 heteroatoms. The van der Waals surface area contributed by atoms with Crippen LogP contribution in [0.25, 0.3) is 0 Å². The lowest BCUT2D eigenvalue weighted by Crippen LogP contribution is -2.12. The lowest BCUT2D eigenvalue weighted by Gasteiger charge is -2.28. The summed E-state index contributed by atoms with van der Waals surface area (Å²) < 4.78 is 1.27. The molecular weight excluding hydrogens is 319 g/mol. The zero-order valence-electron chi connectivity index (χ0n) is 10.6. The molecule has 0 aromatic heterocycles. The molecule has 17 heavy (non-hydrogen) atoms. The van der Waals surface area contributed by atoms with Crippen molar-refractivity contribution < 1.29 is 0 Å². The number of hydrogen-bond acceptors (Lipinski definition) is 0. The Morgan fingerprint density at radius 3 is 2.71 bits per heavy atom. The van der Waals surface area contributed by atoms with Crippen LogP contribution < -0.4 is 0 Å². The Balaban J connectivity index is 2.37. The van der Waals surface area contributed by atoms with Crippen LogP contribution in [0.2, 0.25) is 0 Å². The van der Waals surface area contributed by atoms with Gasteiger partial charge in [-0.3, -0.25) is 0 Å². The molecule has 0 saturated heterocycles. The van der Waals surface area contributed by atoms with E-state index < -0.39 is 0 Å². The van der Waals surface area contributed by atoms with Crippen LogP contribution >= 0.6 is 22.6 Å². The lowest BCUT2D eigenvalue weighted by molar-refractivity contribution is 0.585. The van der Waals surface area contributed by atoms with E-state index in [1.165, 1.54) is 26.7 Å². The van der Waals surface area contributed by atoms with Gasteiger partial charge in [0.05, 0.1) is 0 Å². The molecule has 90 valence electrons. The van der Waals surface area contributed by atoms with Crippen LogP contribution in [-0.2, 0) is 0 Å². The van der Waals surface area contributed by atoms with Crippen LogP contribution in [0.4, 0.5) is 0 Å². The Labute approximate surface area is 118 Å². The number of halogens is 1. The molecule has 2 aliphatic carbocycles. The summed E-state index contributed by atoms with van der Waals surface area (Å²) in [6, 6.07) is 0. The fraction of sp³-hybridized carbons (Fsp3) is 0.375. The minimum absolute atomic E-state index is 0.674. The van der Waals surface area contributed by atoms with E-state index in [4.69, 9.17) is 0 Å². The molecule has 1 unspecified atom stereocenters. The zero-order chi connectivity index (χ0) is 12.6. The predicted octanol–water partition coefficient (Wildman–Crippen LogP) is 5.49. The van der Waals surface area contributed by atoms with Crippen LogP contribution in [0, 0.1) is 5.92 Å². The first-order chi connectivity index (χ1) is 7.99. The van der Waals surface area contributed by atoms with Crippen LogP contribution in [0.1, 0.15) is 33.1 Å². The zero-order valence-corrected chi connectivity index (χ0v) is 12.8. The lowest BCUT2D eigenvalue weighted by atomic mass is 9.78. The maximum Gasteiger partial charge on any atom is 0.0159 e. The molecule has 0 aromatic rings. The van der Waals surface area contributed by atoms with Gasteiger partial charge in [0.1, 0.15) is 0 Å². The smallest absolute Gasteiger partial charge is 0.0159 e. The summed E-state index contributed by atoms with van der Waals surface area (Å²) in [5, 5.41) is 0.